The van der Waals surface area contributed by atoms with E-state index in [2.05, 4.69) is 55.6 Å². The van der Waals surface area contributed by atoms with Crippen molar-refractivity contribution in [3.63, 3.8) is 0 Å². The van der Waals surface area contributed by atoms with Crippen LogP contribution in [-0.2, 0) is 14.3 Å². The van der Waals surface area contributed by atoms with Crippen LogP contribution in [0.5, 0.6) is 0 Å². The molecule has 0 radical (unpaired) electrons. The minimum absolute atomic E-state index is 0.0104. The third-order valence-electron chi connectivity index (χ3n) is 17.2. The summed E-state index contributed by atoms with van der Waals surface area (Å²) in [6.45, 7) is 4.98. The first-order chi connectivity index (χ1) is 40.0. The first-order valence-corrected chi connectivity index (χ1v) is 36.7. The number of carbonyl (C=O) groups excluding carboxylic acids is 2. The molecule has 2 unspecified atom stereocenters. The van der Waals surface area contributed by atoms with E-state index >= 15 is 0 Å². The minimum atomic E-state index is -0.664. The van der Waals surface area contributed by atoms with Crippen LogP contribution in [0.2, 0.25) is 0 Å². The zero-order valence-corrected chi connectivity index (χ0v) is 54.8. The van der Waals surface area contributed by atoms with E-state index in [1.807, 2.05) is 0 Å². The number of ether oxygens (including phenoxy) is 1. The summed E-state index contributed by atoms with van der Waals surface area (Å²) in [6, 6.07) is -0.541. The molecule has 0 fully saturated rings. The van der Waals surface area contributed by atoms with Crippen molar-refractivity contribution in [3.05, 3.63) is 36.5 Å². The van der Waals surface area contributed by atoms with Crippen molar-refractivity contribution in [2.45, 2.75) is 418 Å². The Bertz CT molecular complexity index is 1310. The second-order valence-corrected chi connectivity index (χ2v) is 25.3. The Hall–Kier alpha value is -1.92. The molecule has 478 valence electrons. The van der Waals surface area contributed by atoms with E-state index in [1.54, 1.807) is 0 Å². The monoisotopic (exact) mass is 1140 g/mol. The van der Waals surface area contributed by atoms with Crippen LogP contribution in [0.3, 0.4) is 0 Å². The van der Waals surface area contributed by atoms with Crippen molar-refractivity contribution < 1.29 is 24.5 Å². The molecule has 0 aromatic rings. The van der Waals surface area contributed by atoms with Crippen LogP contribution in [0, 0.1) is 0 Å². The summed E-state index contributed by atoms with van der Waals surface area (Å²) in [4.78, 5) is 24.6. The van der Waals surface area contributed by atoms with Crippen molar-refractivity contribution in [1.29, 1.82) is 0 Å². The number of nitrogens with one attached hydrogen (secondary N) is 1. The second-order valence-electron chi connectivity index (χ2n) is 25.3. The Morgan fingerprint density at radius 1 is 0.346 bits per heavy atom. The summed E-state index contributed by atoms with van der Waals surface area (Å²) in [7, 11) is 0. The Kier molecular flexibility index (Phi) is 68.9. The molecule has 0 aliphatic carbocycles. The highest BCUT2D eigenvalue weighted by atomic mass is 16.5. The van der Waals surface area contributed by atoms with Gasteiger partial charge in [0.25, 0.3) is 0 Å². The highest BCUT2D eigenvalue weighted by Gasteiger charge is 2.20. The highest BCUT2D eigenvalue weighted by molar-refractivity contribution is 5.76. The number of unbranched alkanes of at least 4 members (excludes halogenated alkanes) is 52. The van der Waals surface area contributed by atoms with Crippen LogP contribution in [-0.4, -0.2) is 47.4 Å². The van der Waals surface area contributed by atoms with Gasteiger partial charge in [0.15, 0.2) is 0 Å². The molecular formula is C75H143NO5. The zero-order valence-electron chi connectivity index (χ0n) is 54.8. The van der Waals surface area contributed by atoms with Gasteiger partial charge in [-0.15, -0.1) is 0 Å². The van der Waals surface area contributed by atoms with E-state index < -0.39 is 12.1 Å². The lowest BCUT2D eigenvalue weighted by Gasteiger charge is -2.22. The molecule has 6 nitrogen and oxygen atoms in total. The van der Waals surface area contributed by atoms with Gasteiger partial charge in [0.2, 0.25) is 5.91 Å². The molecule has 0 aliphatic rings. The number of esters is 1. The molecule has 0 aromatic heterocycles. The lowest BCUT2D eigenvalue weighted by atomic mass is 10.0. The van der Waals surface area contributed by atoms with Gasteiger partial charge in [-0.3, -0.25) is 9.59 Å². The normalized spacial score (nSPS) is 12.7. The predicted molar refractivity (Wildman–Crippen MR) is 356 cm³/mol. The molecule has 0 saturated carbocycles. The van der Waals surface area contributed by atoms with Gasteiger partial charge in [0.05, 0.1) is 25.4 Å². The van der Waals surface area contributed by atoms with Crippen LogP contribution in [0.25, 0.3) is 0 Å². The molecule has 3 N–H and O–H groups in total. The van der Waals surface area contributed by atoms with Crippen molar-refractivity contribution in [1.82, 2.24) is 5.32 Å². The summed E-state index contributed by atoms with van der Waals surface area (Å²) in [5, 5.41) is 23.4. The van der Waals surface area contributed by atoms with Crippen LogP contribution >= 0.6 is 0 Å². The summed E-state index contributed by atoms with van der Waals surface area (Å²) in [5.74, 6) is -0.0210. The van der Waals surface area contributed by atoms with Gasteiger partial charge in [-0.05, 0) is 83.5 Å². The Balaban J connectivity index is 3.38. The van der Waals surface area contributed by atoms with Crippen LogP contribution < -0.4 is 5.32 Å². The fraction of sp³-hybridized carbons (Fsp3) is 0.893. The van der Waals surface area contributed by atoms with Gasteiger partial charge in [-0.25, -0.2) is 0 Å². The van der Waals surface area contributed by atoms with Crippen molar-refractivity contribution in [2.24, 2.45) is 0 Å². The molecule has 0 aliphatic heterocycles. The Morgan fingerprint density at radius 3 is 0.951 bits per heavy atom. The van der Waals surface area contributed by atoms with Gasteiger partial charge in [0.1, 0.15) is 0 Å². The molecule has 6 heteroatoms. The van der Waals surface area contributed by atoms with Gasteiger partial charge < -0.3 is 20.3 Å². The van der Waals surface area contributed by atoms with Crippen LogP contribution in [0.15, 0.2) is 36.5 Å². The third kappa shape index (κ3) is 67.1. The third-order valence-corrected chi connectivity index (χ3v) is 17.2. The second kappa shape index (κ2) is 70.6. The fourth-order valence-corrected chi connectivity index (χ4v) is 11.6. The number of rotatable bonds is 69. The molecule has 0 bridgehead atoms. The first kappa shape index (κ1) is 79.1. The van der Waals surface area contributed by atoms with Crippen molar-refractivity contribution in [2.75, 3.05) is 13.2 Å². The lowest BCUT2D eigenvalue weighted by Crippen LogP contribution is -2.45. The maximum atomic E-state index is 12.5. The number of hydrogen-bond acceptors (Lipinski definition) is 5. The summed E-state index contributed by atoms with van der Waals surface area (Å²) in [6.07, 6.45) is 90.6. The number of aliphatic hydroxyl groups is 2. The zero-order chi connectivity index (χ0) is 58.5. The molecule has 1 amide bonds. The average molecular weight is 1140 g/mol. The highest BCUT2D eigenvalue weighted by Crippen LogP contribution is 2.19. The smallest absolute Gasteiger partial charge is 0.305 e. The molecule has 0 aromatic carbocycles. The summed E-state index contributed by atoms with van der Waals surface area (Å²) in [5.41, 5.74) is 0. The number of amides is 1. The molecule has 81 heavy (non-hydrogen) atoms. The first-order valence-electron chi connectivity index (χ1n) is 36.7. The van der Waals surface area contributed by atoms with E-state index in [-0.39, 0.29) is 18.5 Å². The lowest BCUT2D eigenvalue weighted by molar-refractivity contribution is -0.143. The number of carbonyl (C=O) groups is 2. The maximum Gasteiger partial charge on any atom is 0.305 e. The number of aliphatic hydroxyl groups excluding tert-OH is 2. The van der Waals surface area contributed by atoms with E-state index in [1.165, 1.54) is 321 Å². The predicted octanol–water partition coefficient (Wildman–Crippen LogP) is 23.9. The molecule has 0 spiro atoms. The van der Waals surface area contributed by atoms with Gasteiger partial charge in [-0.1, -0.05) is 346 Å². The van der Waals surface area contributed by atoms with Crippen molar-refractivity contribution >= 4 is 11.9 Å². The molecule has 2 atom stereocenters. The number of allylic oxidation sites excluding steroid dienone is 6. The molecule has 0 saturated heterocycles. The van der Waals surface area contributed by atoms with E-state index in [0.29, 0.717) is 25.9 Å². The van der Waals surface area contributed by atoms with E-state index in [0.717, 1.165) is 51.4 Å². The average Bonchev–Trinajstić information content (AvgIpc) is 3.47. The van der Waals surface area contributed by atoms with Gasteiger partial charge in [0, 0.05) is 12.8 Å². The standard InChI is InChI=1S/C75H143NO5/c1-3-5-7-9-11-13-15-17-19-36-41-45-49-53-57-61-65-69-75(80)81-70-66-62-58-54-50-46-42-38-35-33-31-29-27-25-23-21-22-24-26-28-30-32-34-37-40-44-48-52-56-60-64-68-74(79)76-72(71-77)73(78)67-63-59-55-51-47-43-39-20-18-16-14-12-10-8-6-4-2/h17,19,23,25,29,31,72-73,77-78H,3-16,18,20-22,24,26-28,30,32-71H2,1-2H3,(H,76,79)/b19-17-,25-23-,31-29-. The minimum Gasteiger partial charge on any atom is -0.466 e. The summed E-state index contributed by atoms with van der Waals surface area (Å²) < 4.78 is 5.50. The van der Waals surface area contributed by atoms with Gasteiger partial charge >= 0.3 is 5.97 Å². The Morgan fingerprint density at radius 2 is 0.617 bits per heavy atom. The molecule has 0 heterocycles. The fourth-order valence-electron chi connectivity index (χ4n) is 11.6. The van der Waals surface area contributed by atoms with E-state index in [9.17, 15) is 19.8 Å². The van der Waals surface area contributed by atoms with E-state index in [4.69, 9.17) is 4.74 Å². The largest absolute Gasteiger partial charge is 0.466 e. The maximum absolute atomic E-state index is 12.5. The van der Waals surface area contributed by atoms with Crippen LogP contribution in [0.4, 0.5) is 0 Å². The number of hydrogen-bond donors (Lipinski definition) is 3. The van der Waals surface area contributed by atoms with Crippen LogP contribution in [0.1, 0.15) is 406 Å². The quantitative estimate of drug-likeness (QED) is 0.0320. The van der Waals surface area contributed by atoms with Gasteiger partial charge in [-0.2, -0.15) is 0 Å². The molecule has 0 rings (SSSR count). The summed E-state index contributed by atoms with van der Waals surface area (Å²) >= 11 is 0. The van der Waals surface area contributed by atoms with Crippen molar-refractivity contribution in [3.8, 4) is 0 Å². The Labute approximate surface area is 506 Å². The SMILES string of the molecule is CCCCCCCC/C=C\CCCCCCCCCC(=O)OCCCCCCCCCCC/C=C\C/C=C\CCCCCCCCCCCCCCCCCC(=O)NC(CO)C(O)CCCCCCCCCCCCCCCCCC. The molecular weight excluding hydrogens is 995 g/mol. The topological polar surface area (TPSA) is 95.9 Å².